The highest BCUT2D eigenvalue weighted by atomic mass is 35.5. The summed E-state index contributed by atoms with van der Waals surface area (Å²) in [4.78, 5) is 29.5. The molecule has 0 aliphatic carbocycles. The maximum Gasteiger partial charge on any atom is 0.273 e. The van der Waals surface area contributed by atoms with Crippen LogP contribution in [-0.4, -0.2) is 23.6 Å². The SMILES string of the molecule is O=C(Nc1nccs1)/C(=C/c1ccc2c(c1)OCO2)NC(=O)c1ccccc1Cl. The van der Waals surface area contributed by atoms with E-state index in [0.29, 0.717) is 22.2 Å². The minimum absolute atomic E-state index is 0.0315. The van der Waals surface area contributed by atoms with Crippen LogP contribution in [0.1, 0.15) is 15.9 Å². The number of hydrogen-bond donors (Lipinski definition) is 2. The fourth-order valence-corrected chi connectivity index (χ4v) is 3.36. The van der Waals surface area contributed by atoms with Crippen LogP contribution >= 0.6 is 22.9 Å². The Bertz CT molecular complexity index is 1100. The second-order valence-corrected chi connectivity index (χ2v) is 7.20. The van der Waals surface area contributed by atoms with Gasteiger partial charge in [0.2, 0.25) is 6.79 Å². The number of carbonyl (C=O) groups is 2. The summed E-state index contributed by atoms with van der Waals surface area (Å²) in [6.45, 7) is 0.142. The van der Waals surface area contributed by atoms with Crippen LogP contribution < -0.4 is 20.1 Å². The molecule has 0 unspecified atom stereocenters. The van der Waals surface area contributed by atoms with Crippen molar-refractivity contribution < 1.29 is 19.1 Å². The number of nitrogens with zero attached hydrogens (tertiary/aromatic N) is 1. The third-order valence-corrected chi connectivity index (χ3v) is 4.99. The number of aromatic nitrogens is 1. The number of halogens is 1. The molecule has 0 fully saturated rings. The number of hydrogen-bond acceptors (Lipinski definition) is 6. The Hall–Kier alpha value is -3.36. The Morgan fingerprint density at radius 3 is 2.76 bits per heavy atom. The maximum atomic E-state index is 12.8. The van der Waals surface area contributed by atoms with Crippen LogP contribution in [0.25, 0.3) is 6.08 Å². The van der Waals surface area contributed by atoms with Gasteiger partial charge in [0.05, 0.1) is 10.6 Å². The summed E-state index contributed by atoms with van der Waals surface area (Å²) in [5.41, 5.74) is 0.940. The molecule has 2 aromatic carbocycles. The normalized spacial score (nSPS) is 12.5. The van der Waals surface area contributed by atoms with Crippen LogP contribution in [0.4, 0.5) is 5.13 Å². The van der Waals surface area contributed by atoms with Crippen molar-refractivity contribution in [3.8, 4) is 11.5 Å². The van der Waals surface area contributed by atoms with Crippen molar-refractivity contribution in [3.63, 3.8) is 0 Å². The van der Waals surface area contributed by atoms with E-state index >= 15 is 0 Å². The van der Waals surface area contributed by atoms with Gasteiger partial charge in [0.1, 0.15) is 5.70 Å². The maximum absolute atomic E-state index is 12.8. The lowest BCUT2D eigenvalue weighted by atomic mass is 10.1. The monoisotopic (exact) mass is 427 g/mol. The molecule has 146 valence electrons. The number of thiazole rings is 1. The smallest absolute Gasteiger partial charge is 0.273 e. The first-order valence-electron chi connectivity index (χ1n) is 8.48. The predicted octanol–water partition coefficient (Wildman–Crippen LogP) is 3.93. The van der Waals surface area contributed by atoms with Crippen molar-refractivity contribution in [2.75, 3.05) is 12.1 Å². The number of rotatable bonds is 5. The first-order chi connectivity index (χ1) is 14.1. The Kier molecular flexibility index (Phi) is 5.46. The molecule has 0 saturated carbocycles. The summed E-state index contributed by atoms with van der Waals surface area (Å²) in [6.07, 6.45) is 3.11. The summed E-state index contributed by atoms with van der Waals surface area (Å²) < 4.78 is 10.7. The molecule has 1 aromatic heterocycles. The summed E-state index contributed by atoms with van der Waals surface area (Å²) in [5.74, 6) is 0.168. The first-order valence-corrected chi connectivity index (χ1v) is 9.74. The number of anilines is 1. The molecule has 1 aliphatic rings. The molecule has 2 amide bonds. The van der Waals surface area contributed by atoms with Gasteiger partial charge in [0.25, 0.3) is 11.8 Å². The van der Waals surface area contributed by atoms with E-state index in [1.165, 1.54) is 11.3 Å². The number of benzene rings is 2. The third kappa shape index (κ3) is 4.39. The molecule has 2 N–H and O–H groups in total. The molecular formula is C20H14ClN3O4S. The third-order valence-electron chi connectivity index (χ3n) is 3.97. The van der Waals surface area contributed by atoms with E-state index in [2.05, 4.69) is 15.6 Å². The molecule has 4 rings (SSSR count). The molecule has 0 atom stereocenters. The van der Waals surface area contributed by atoms with Gasteiger partial charge in [-0.1, -0.05) is 29.8 Å². The number of amides is 2. The number of carbonyl (C=O) groups excluding carboxylic acids is 2. The van der Waals surface area contributed by atoms with E-state index in [1.807, 2.05) is 0 Å². The highest BCUT2D eigenvalue weighted by Crippen LogP contribution is 2.33. The Balaban J connectivity index is 1.64. The van der Waals surface area contributed by atoms with Crippen molar-refractivity contribution in [3.05, 3.63) is 75.9 Å². The van der Waals surface area contributed by atoms with Crippen molar-refractivity contribution in [1.82, 2.24) is 10.3 Å². The molecule has 0 bridgehead atoms. The Morgan fingerprint density at radius 1 is 1.14 bits per heavy atom. The summed E-state index contributed by atoms with van der Waals surface area (Å²) in [7, 11) is 0. The molecule has 7 nitrogen and oxygen atoms in total. The van der Waals surface area contributed by atoms with Crippen LogP contribution in [0, 0.1) is 0 Å². The van der Waals surface area contributed by atoms with Gasteiger partial charge in [-0.15, -0.1) is 11.3 Å². The van der Waals surface area contributed by atoms with E-state index in [-0.39, 0.29) is 23.1 Å². The zero-order valence-electron chi connectivity index (χ0n) is 14.8. The Morgan fingerprint density at radius 2 is 1.97 bits per heavy atom. The molecule has 0 spiro atoms. The molecule has 3 aromatic rings. The van der Waals surface area contributed by atoms with Gasteiger partial charge < -0.3 is 14.8 Å². The second kappa shape index (κ2) is 8.34. The summed E-state index contributed by atoms with van der Waals surface area (Å²) in [5, 5.41) is 7.73. The van der Waals surface area contributed by atoms with E-state index < -0.39 is 11.8 Å². The van der Waals surface area contributed by atoms with Gasteiger partial charge in [-0.3, -0.25) is 14.9 Å². The number of nitrogens with one attached hydrogen (secondary N) is 2. The van der Waals surface area contributed by atoms with Crippen LogP contribution in [0.5, 0.6) is 11.5 Å². The molecule has 9 heteroatoms. The molecule has 29 heavy (non-hydrogen) atoms. The summed E-state index contributed by atoms with van der Waals surface area (Å²) in [6, 6.07) is 11.8. The average Bonchev–Trinajstić information content (AvgIpc) is 3.39. The lowest BCUT2D eigenvalue weighted by Crippen LogP contribution is -2.30. The molecule has 2 heterocycles. The standard InChI is InChI=1S/C20H14ClN3O4S/c21-14-4-2-1-3-13(14)18(25)23-15(19(26)24-20-22-7-8-29-20)9-12-5-6-16-17(10-12)28-11-27-16/h1-10H,11H2,(H,23,25)(H,22,24,26)/b15-9-. The van der Waals surface area contributed by atoms with E-state index in [0.717, 1.165) is 0 Å². The molecular weight excluding hydrogens is 414 g/mol. The first kappa shape index (κ1) is 19.0. The topological polar surface area (TPSA) is 89.6 Å². The van der Waals surface area contributed by atoms with Crippen molar-refractivity contribution in [1.29, 1.82) is 0 Å². The Labute approximate surface area is 174 Å². The van der Waals surface area contributed by atoms with Gasteiger partial charge in [-0.2, -0.15) is 0 Å². The molecule has 1 aliphatic heterocycles. The fourth-order valence-electron chi connectivity index (χ4n) is 2.61. The highest BCUT2D eigenvalue weighted by Gasteiger charge is 2.18. The molecule has 0 radical (unpaired) electrons. The minimum atomic E-state index is -0.516. The van der Waals surface area contributed by atoms with Gasteiger partial charge in [-0.05, 0) is 35.9 Å². The van der Waals surface area contributed by atoms with E-state index in [4.69, 9.17) is 21.1 Å². The van der Waals surface area contributed by atoms with Crippen molar-refractivity contribution in [2.24, 2.45) is 0 Å². The lowest BCUT2D eigenvalue weighted by molar-refractivity contribution is -0.113. The quantitative estimate of drug-likeness (QED) is 0.602. The largest absolute Gasteiger partial charge is 0.454 e. The number of fused-ring (bicyclic) bond motifs is 1. The van der Waals surface area contributed by atoms with E-state index in [1.54, 1.807) is 60.1 Å². The van der Waals surface area contributed by atoms with Crippen LogP contribution in [-0.2, 0) is 4.79 Å². The fraction of sp³-hybridized carbons (Fsp3) is 0.0500. The van der Waals surface area contributed by atoms with Crippen molar-refractivity contribution in [2.45, 2.75) is 0 Å². The zero-order valence-corrected chi connectivity index (χ0v) is 16.4. The minimum Gasteiger partial charge on any atom is -0.454 e. The van der Waals surface area contributed by atoms with Gasteiger partial charge in [0, 0.05) is 11.6 Å². The van der Waals surface area contributed by atoms with Crippen LogP contribution in [0.3, 0.4) is 0 Å². The lowest BCUT2D eigenvalue weighted by Gasteiger charge is -2.11. The zero-order chi connectivity index (χ0) is 20.2. The van der Waals surface area contributed by atoms with Crippen molar-refractivity contribution >= 4 is 46.0 Å². The highest BCUT2D eigenvalue weighted by molar-refractivity contribution is 7.13. The predicted molar refractivity (Wildman–Crippen MR) is 110 cm³/mol. The van der Waals surface area contributed by atoms with Crippen LogP contribution in [0.15, 0.2) is 59.7 Å². The van der Waals surface area contributed by atoms with Gasteiger partial charge >= 0.3 is 0 Å². The second-order valence-electron chi connectivity index (χ2n) is 5.90. The molecule has 0 saturated heterocycles. The average molecular weight is 428 g/mol. The van der Waals surface area contributed by atoms with Gasteiger partial charge in [0.15, 0.2) is 16.6 Å². The van der Waals surface area contributed by atoms with Gasteiger partial charge in [-0.25, -0.2) is 4.98 Å². The number of ether oxygens (including phenoxy) is 2. The summed E-state index contributed by atoms with van der Waals surface area (Å²) >= 11 is 7.37. The van der Waals surface area contributed by atoms with E-state index in [9.17, 15) is 9.59 Å². The van der Waals surface area contributed by atoms with Crippen LogP contribution in [0.2, 0.25) is 5.02 Å².